The molecule has 1 saturated heterocycles. The van der Waals surface area contributed by atoms with Gasteiger partial charge >= 0.3 is 0 Å². The summed E-state index contributed by atoms with van der Waals surface area (Å²) in [6.45, 7) is 4.54. The van der Waals surface area contributed by atoms with Gasteiger partial charge in [-0.15, -0.1) is 0 Å². The predicted octanol–water partition coefficient (Wildman–Crippen LogP) is 3.58. The van der Waals surface area contributed by atoms with E-state index in [1.807, 2.05) is 30.3 Å². The van der Waals surface area contributed by atoms with Crippen LogP contribution in [-0.4, -0.2) is 79.8 Å². The number of aromatic nitrogens is 1. The average Bonchev–Trinajstić information content (AvgIpc) is 3.41. The second kappa shape index (κ2) is 12.3. The highest BCUT2D eigenvalue weighted by Crippen LogP contribution is 2.31. The van der Waals surface area contributed by atoms with Crippen molar-refractivity contribution < 1.29 is 18.1 Å². The Bertz CT molecular complexity index is 1640. The number of amides is 1. The molecular formula is C28H30N6O5S2. The molecule has 0 atom stereocenters. The van der Waals surface area contributed by atoms with Crippen LogP contribution in [0.3, 0.4) is 0 Å². The van der Waals surface area contributed by atoms with Gasteiger partial charge < -0.3 is 10.2 Å². The van der Waals surface area contributed by atoms with Gasteiger partial charge in [0.2, 0.25) is 10.0 Å². The van der Waals surface area contributed by atoms with E-state index in [0.29, 0.717) is 18.7 Å². The van der Waals surface area contributed by atoms with Gasteiger partial charge in [-0.3, -0.25) is 19.8 Å². The number of hydrogen-bond donors (Lipinski definition) is 1. The van der Waals surface area contributed by atoms with E-state index >= 15 is 0 Å². The quantitative estimate of drug-likeness (QED) is 0.218. The molecule has 0 radical (unpaired) electrons. The molecule has 11 nitrogen and oxygen atoms in total. The molecule has 13 heteroatoms. The lowest BCUT2D eigenvalue weighted by Gasteiger charge is -2.34. The first-order valence-corrected chi connectivity index (χ1v) is 15.4. The van der Waals surface area contributed by atoms with Crippen molar-refractivity contribution in [3.05, 3.63) is 94.0 Å². The summed E-state index contributed by atoms with van der Waals surface area (Å²) in [4.78, 5) is 32.5. The Morgan fingerprint density at radius 1 is 1.05 bits per heavy atom. The number of benzene rings is 3. The Morgan fingerprint density at radius 2 is 1.76 bits per heavy atom. The van der Waals surface area contributed by atoms with Gasteiger partial charge in [0.25, 0.3) is 11.6 Å². The van der Waals surface area contributed by atoms with Gasteiger partial charge in [-0.1, -0.05) is 41.7 Å². The lowest BCUT2D eigenvalue weighted by Crippen LogP contribution is -2.48. The van der Waals surface area contributed by atoms with Crippen molar-refractivity contribution in [1.82, 2.24) is 19.5 Å². The maximum atomic E-state index is 13.0. The average molecular weight is 595 g/mol. The highest BCUT2D eigenvalue weighted by atomic mass is 32.2. The molecule has 0 bridgehead atoms. The zero-order valence-electron chi connectivity index (χ0n) is 22.5. The number of non-ortho nitro benzene ring substituents is 1. The van der Waals surface area contributed by atoms with Crippen molar-refractivity contribution >= 4 is 48.3 Å². The maximum Gasteiger partial charge on any atom is 0.270 e. The van der Waals surface area contributed by atoms with Gasteiger partial charge in [-0.2, -0.15) is 4.31 Å². The number of hydrogen-bond acceptors (Lipinski definition) is 9. The first kappa shape index (κ1) is 28.6. The van der Waals surface area contributed by atoms with E-state index in [1.165, 1.54) is 53.0 Å². The molecule has 0 saturated carbocycles. The first-order chi connectivity index (χ1) is 19.7. The SMILES string of the molecule is CN(Cc1ccccc1)S(=O)(=O)c1ccc(C(=O)NCCN2CCN(c3nc4ccc([N+](=O)[O-])cc4s3)CC2)cc1. The Morgan fingerprint density at radius 3 is 2.44 bits per heavy atom. The Kier molecular flexibility index (Phi) is 8.59. The van der Waals surface area contributed by atoms with E-state index in [1.54, 1.807) is 12.1 Å². The molecule has 4 aromatic rings. The number of piperazine rings is 1. The van der Waals surface area contributed by atoms with Crippen molar-refractivity contribution in [3.63, 3.8) is 0 Å². The monoisotopic (exact) mass is 594 g/mol. The Hall–Kier alpha value is -3.91. The molecule has 41 heavy (non-hydrogen) atoms. The number of nitro groups is 1. The third-order valence-corrected chi connectivity index (χ3v) is 9.90. The summed E-state index contributed by atoms with van der Waals surface area (Å²) < 4.78 is 28.0. The highest BCUT2D eigenvalue weighted by molar-refractivity contribution is 7.89. The second-order valence-corrected chi connectivity index (χ2v) is 12.8. The summed E-state index contributed by atoms with van der Waals surface area (Å²) in [5.74, 6) is -0.256. The summed E-state index contributed by atoms with van der Waals surface area (Å²) in [6.07, 6.45) is 0. The number of nitro benzene ring substituents is 1. The molecule has 3 aromatic carbocycles. The van der Waals surface area contributed by atoms with Crippen LogP contribution in [0.5, 0.6) is 0 Å². The minimum atomic E-state index is -3.69. The van der Waals surface area contributed by atoms with Gasteiger partial charge in [-0.25, -0.2) is 13.4 Å². The van der Waals surface area contributed by atoms with Gasteiger partial charge in [0.1, 0.15) is 0 Å². The molecular weight excluding hydrogens is 564 g/mol. The molecule has 1 aliphatic heterocycles. The zero-order valence-corrected chi connectivity index (χ0v) is 24.1. The molecule has 1 fully saturated rings. The van der Waals surface area contributed by atoms with Gasteiger partial charge in [0.05, 0.1) is 20.0 Å². The van der Waals surface area contributed by atoms with E-state index in [9.17, 15) is 23.3 Å². The third kappa shape index (κ3) is 6.70. The Balaban J connectivity index is 1.08. The molecule has 0 unspecified atom stereocenters. The molecule has 1 amide bonds. The number of sulfonamides is 1. The van der Waals surface area contributed by atoms with Gasteiger partial charge in [0.15, 0.2) is 5.13 Å². The van der Waals surface area contributed by atoms with Crippen LogP contribution in [0.2, 0.25) is 0 Å². The van der Waals surface area contributed by atoms with Gasteiger partial charge in [-0.05, 0) is 35.9 Å². The van der Waals surface area contributed by atoms with Crippen LogP contribution in [0, 0.1) is 10.1 Å². The molecule has 2 heterocycles. The molecule has 1 N–H and O–H groups in total. The third-order valence-electron chi connectivity index (χ3n) is 7.00. The Labute approximate surface area is 242 Å². The fourth-order valence-electron chi connectivity index (χ4n) is 4.63. The lowest BCUT2D eigenvalue weighted by atomic mass is 10.2. The van der Waals surface area contributed by atoms with Crippen molar-refractivity contribution in [2.24, 2.45) is 0 Å². The van der Waals surface area contributed by atoms with Crippen molar-refractivity contribution in [1.29, 1.82) is 0 Å². The van der Waals surface area contributed by atoms with Crippen LogP contribution in [-0.2, 0) is 16.6 Å². The van der Waals surface area contributed by atoms with Crippen LogP contribution in [0.1, 0.15) is 15.9 Å². The summed E-state index contributed by atoms with van der Waals surface area (Å²) in [5.41, 5.74) is 2.11. The minimum Gasteiger partial charge on any atom is -0.351 e. The maximum absolute atomic E-state index is 13.0. The summed E-state index contributed by atoms with van der Waals surface area (Å²) in [6, 6.07) is 20.1. The number of carbonyl (C=O) groups excluding carboxylic acids is 1. The number of thiazole rings is 1. The minimum absolute atomic E-state index is 0.0620. The van der Waals surface area contributed by atoms with E-state index in [2.05, 4.69) is 20.1 Å². The summed E-state index contributed by atoms with van der Waals surface area (Å²) in [5, 5.41) is 14.8. The number of rotatable bonds is 10. The zero-order chi connectivity index (χ0) is 29.0. The predicted molar refractivity (Wildman–Crippen MR) is 159 cm³/mol. The number of nitrogens with one attached hydrogen (secondary N) is 1. The van der Waals surface area contributed by atoms with Crippen molar-refractivity contribution in [2.45, 2.75) is 11.4 Å². The second-order valence-electron chi connectivity index (χ2n) is 9.76. The van der Waals surface area contributed by atoms with E-state index in [4.69, 9.17) is 0 Å². The largest absolute Gasteiger partial charge is 0.351 e. The molecule has 0 spiro atoms. The molecule has 214 valence electrons. The van der Waals surface area contributed by atoms with E-state index in [-0.39, 0.29) is 23.0 Å². The summed E-state index contributed by atoms with van der Waals surface area (Å²) >= 11 is 1.45. The topological polar surface area (TPSA) is 129 Å². The molecule has 0 aliphatic carbocycles. The van der Waals surface area contributed by atoms with E-state index < -0.39 is 14.9 Å². The number of anilines is 1. The number of carbonyl (C=O) groups is 1. The van der Waals surface area contributed by atoms with Crippen molar-refractivity contribution in [3.8, 4) is 0 Å². The number of fused-ring (bicyclic) bond motifs is 1. The van der Waals surface area contributed by atoms with Crippen molar-refractivity contribution in [2.75, 3.05) is 51.2 Å². The van der Waals surface area contributed by atoms with Gasteiger partial charge in [0, 0.05) is 70.6 Å². The fourth-order valence-corrected chi connectivity index (χ4v) is 6.84. The standard InChI is InChI=1S/C28H30N6O5S2/c1-31(20-21-5-3-2-4-6-21)41(38,39)24-10-7-22(8-11-24)27(35)29-13-14-32-15-17-33(18-16-32)28-30-25-12-9-23(34(36)37)19-26(25)40-28/h2-12,19H,13-18,20H2,1H3,(H,29,35). The normalized spacial score (nSPS) is 14.4. The lowest BCUT2D eigenvalue weighted by molar-refractivity contribution is -0.384. The number of nitrogens with zero attached hydrogens (tertiary/aromatic N) is 5. The van der Waals surface area contributed by atoms with Crippen LogP contribution >= 0.6 is 11.3 Å². The fraction of sp³-hybridized carbons (Fsp3) is 0.286. The molecule has 1 aromatic heterocycles. The highest BCUT2D eigenvalue weighted by Gasteiger charge is 2.22. The smallest absolute Gasteiger partial charge is 0.270 e. The first-order valence-electron chi connectivity index (χ1n) is 13.1. The summed E-state index contributed by atoms with van der Waals surface area (Å²) in [7, 11) is -2.15. The van der Waals surface area contributed by atoms with Crippen LogP contribution in [0.25, 0.3) is 10.2 Å². The van der Waals surface area contributed by atoms with Crippen LogP contribution in [0.4, 0.5) is 10.8 Å². The van der Waals surface area contributed by atoms with E-state index in [0.717, 1.165) is 47.1 Å². The van der Waals surface area contributed by atoms with Crippen LogP contribution in [0.15, 0.2) is 77.7 Å². The molecule has 1 aliphatic rings. The van der Waals surface area contributed by atoms with Crippen LogP contribution < -0.4 is 10.2 Å². The molecule has 5 rings (SSSR count).